The van der Waals surface area contributed by atoms with E-state index in [-0.39, 0.29) is 23.1 Å². The molecule has 7 heteroatoms. The SMILES string of the molecule is N#Cc1c(C(=O)O)nn(C2CCNCC2)c1N. The van der Waals surface area contributed by atoms with Crippen LogP contribution < -0.4 is 11.1 Å². The van der Waals surface area contributed by atoms with Gasteiger partial charge in [0.1, 0.15) is 17.5 Å². The molecule has 1 aromatic rings. The molecule has 2 rings (SSSR count). The lowest BCUT2D eigenvalue weighted by atomic mass is 10.1. The van der Waals surface area contributed by atoms with Gasteiger partial charge in [0.15, 0.2) is 5.69 Å². The molecule has 1 aromatic heterocycles. The van der Waals surface area contributed by atoms with E-state index < -0.39 is 5.97 Å². The quantitative estimate of drug-likeness (QED) is 0.662. The summed E-state index contributed by atoms with van der Waals surface area (Å²) in [5.74, 6) is -1.07. The first-order valence-corrected chi connectivity index (χ1v) is 5.37. The van der Waals surface area contributed by atoms with Crippen molar-refractivity contribution in [1.82, 2.24) is 15.1 Å². The molecule has 1 aliphatic heterocycles. The molecule has 90 valence electrons. The third-order valence-electron chi connectivity index (χ3n) is 2.92. The van der Waals surface area contributed by atoms with Gasteiger partial charge in [-0.05, 0) is 25.9 Å². The van der Waals surface area contributed by atoms with Crippen LogP contribution in [-0.2, 0) is 0 Å². The maximum absolute atomic E-state index is 10.9. The number of piperidine rings is 1. The van der Waals surface area contributed by atoms with Crippen molar-refractivity contribution in [3.05, 3.63) is 11.3 Å². The summed E-state index contributed by atoms with van der Waals surface area (Å²) in [7, 11) is 0. The molecule has 1 aliphatic rings. The zero-order valence-electron chi connectivity index (χ0n) is 9.18. The third-order valence-corrected chi connectivity index (χ3v) is 2.92. The highest BCUT2D eigenvalue weighted by Gasteiger charge is 2.25. The monoisotopic (exact) mass is 235 g/mol. The number of rotatable bonds is 2. The number of nitrogens with zero attached hydrogens (tertiary/aromatic N) is 3. The Labute approximate surface area is 97.8 Å². The zero-order chi connectivity index (χ0) is 12.4. The smallest absolute Gasteiger partial charge is 0.357 e. The number of hydrogen-bond acceptors (Lipinski definition) is 5. The Hall–Kier alpha value is -2.07. The van der Waals surface area contributed by atoms with Crippen molar-refractivity contribution in [2.45, 2.75) is 18.9 Å². The van der Waals surface area contributed by atoms with Crippen molar-refractivity contribution >= 4 is 11.8 Å². The van der Waals surface area contributed by atoms with Crippen LogP contribution in [0, 0.1) is 11.3 Å². The van der Waals surface area contributed by atoms with Crippen molar-refractivity contribution in [3.8, 4) is 6.07 Å². The summed E-state index contributed by atoms with van der Waals surface area (Å²) >= 11 is 0. The molecule has 1 saturated heterocycles. The molecule has 0 radical (unpaired) electrons. The Morgan fingerprint density at radius 2 is 2.24 bits per heavy atom. The molecular formula is C10H13N5O2. The van der Waals surface area contributed by atoms with E-state index in [9.17, 15) is 4.79 Å². The van der Waals surface area contributed by atoms with Crippen LogP contribution >= 0.6 is 0 Å². The first-order chi connectivity index (χ1) is 8.15. The molecule has 0 aromatic carbocycles. The Morgan fingerprint density at radius 3 is 2.71 bits per heavy atom. The second-order valence-electron chi connectivity index (χ2n) is 3.95. The van der Waals surface area contributed by atoms with Crippen LogP contribution in [0.1, 0.15) is 34.9 Å². The van der Waals surface area contributed by atoms with Gasteiger partial charge in [-0.25, -0.2) is 9.48 Å². The number of hydrogen-bond donors (Lipinski definition) is 3. The fraction of sp³-hybridized carbons (Fsp3) is 0.500. The van der Waals surface area contributed by atoms with Gasteiger partial charge in [-0.3, -0.25) is 0 Å². The number of nitrogen functional groups attached to an aromatic ring is 1. The van der Waals surface area contributed by atoms with Gasteiger partial charge in [0.2, 0.25) is 0 Å². The molecule has 0 saturated carbocycles. The fourth-order valence-electron chi connectivity index (χ4n) is 2.04. The Morgan fingerprint density at radius 1 is 1.59 bits per heavy atom. The predicted octanol–water partition coefficient (Wildman–Crippen LogP) is -0.0403. The Kier molecular flexibility index (Phi) is 2.97. The summed E-state index contributed by atoms with van der Waals surface area (Å²) < 4.78 is 1.48. The Bertz CT molecular complexity index is 482. The molecular weight excluding hydrogens is 222 g/mol. The van der Waals surface area contributed by atoms with Crippen molar-refractivity contribution in [2.75, 3.05) is 18.8 Å². The van der Waals surface area contributed by atoms with Gasteiger partial charge < -0.3 is 16.2 Å². The average molecular weight is 235 g/mol. The minimum absolute atomic E-state index is 0.0453. The predicted molar refractivity (Wildman–Crippen MR) is 59.5 cm³/mol. The van der Waals surface area contributed by atoms with E-state index in [1.807, 2.05) is 0 Å². The molecule has 0 bridgehead atoms. The number of anilines is 1. The van der Waals surface area contributed by atoms with Crippen LogP contribution in [0.25, 0.3) is 0 Å². The van der Waals surface area contributed by atoms with Crippen molar-refractivity contribution in [2.24, 2.45) is 0 Å². The van der Waals surface area contributed by atoms with Crippen LogP contribution in [0.4, 0.5) is 5.82 Å². The molecule has 17 heavy (non-hydrogen) atoms. The van der Waals surface area contributed by atoms with Crippen LogP contribution in [0.3, 0.4) is 0 Å². The normalized spacial score (nSPS) is 16.6. The second-order valence-corrected chi connectivity index (χ2v) is 3.95. The van der Waals surface area contributed by atoms with Gasteiger partial charge >= 0.3 is 5.97 Å². The number of aromatic nitrogens is 2. The number of carboxylic acids is 1. The first kappa shape index (κ1) is 11.4. The Balaban J connectivity index is 2.41. The summed E-state index contributed by atoms with van der Waals surface area (Å²) in [6.07, 6.45) is 1.66. The molecule has 7 nitrogen and oxygen atoms in total. The van der Waals surface area contributed by atoms with Crippen molar-refractivity contribution in [1.29, 1.82) is 5.26 Å². The van der Waals surface area contributed by atoms with Crippen LogP contribution in [0.5, 0.6) is 0 Å². The number of carboxylic acid groups (broad SMARTS) is 1. The lowest BCUT2D eigenvalue weighted by molar-refractivity contribution is 0.0688. The molecule has 0 aliphatic carbocycles. The van der Waals surface area contributed by atoms with E-state index in [4.69, 9.17) is 16.1 Å². The van der Waals surface area contributed by atoms with Gasteiger partial charge in [0.25, 0.3) is 0 Å². The minimum Gasteiger partial charge on any atom is -0.476 e. The molecule has 0 amide bonds. The summed E-state index contributed by atoms with van der Waals surface area (Å²) in [4.78, 5) is 10.9. The van der Waals surface area contributed by atoms with E-state index in [0.29, 0.717) is 0 Å². The van der Waals surface area contributed by atoms with Crippen LogP contribution in [0.15, 0.2) is 0 Å². The average Bonchev–Trinajstić information content (AvgIpc) is 2.67. The van der Waals surface area contributed by atoms with Crippen molar-refractivity contribution in [3.63, 3.8) is 0 Å². The molecule has 0 atom stereocenters. The van der Waals surface area contributed by atoms with Crippen LogP contribution in [-0.4, -0.2) is 33.9 Å². The lowest BCUT2D eigenvalue weighted by Crippen LogP contribution is -2.30. The fourth-order valence-corrected chi connectivity index (χ4v) is 2.04. The van der Waals surface area contributed by atoms with E-state index >= 15 is 0 Å². The highest BCUT2D eigenvalue weighted by Crippen LogP contribution is 2.25. The number of aromatic carboxylic acids is 1. The summed E-state index contributed by atoms with van der Waals surface area (Å²) in [6, 6.07) is 1.87. The van der Waals surface area contributed by atoms with Crippen LogP contribution in [0.2, 0.25) is 0 Å². The summed E-state index contributed by atoms with van der Waals surface area (Å²) in [5.41, 5.74) is 5.47. The molecule has 1 fully saturated rings. The van der Waals surface area contributed by atoms with E-state index in [1.165, 1.54) is 4.68 Å². The van der Waals surface area contributed by atoms with Gasteiger partial charge in [-0.2, -0.15) is 10.4 Å². The number of nitrogens with two attached hydrogens (primary N) is 1. The number of nitrogens with one attached hydrogen (secondary N) is 1. The zero-order valence-corrected chi connectivity index (χ0v) is 9.18. The first-order valence-electron chi connectivity index (χ1n) is 5.37. The molecule has 0 spiro atoms. The minimum atomic E-state index is -1.22. The standard InChI is InChI=1S/C10H13N5O2/c11-5-7-8(10(16)17)14-15(9(7)12)6-1-3-13-4-2-6/h6,13H,1-4,12H2,(H,16,17). The highest BCUT2D eigenvalue weighted by atomic mass is 16.4. The highest BCUT2D eigenvalue weighted by molar-refractivity contribution is 5.90. The third kappa shape index (κ3) is 1.94. The molecule has 2 heterocycles. The molecule has 4 N–H and O–H groups in total. The van der Waals surface area contributed by atoms with E-state index in [1.54, 1.807) is 6.07 Å². The lowest BCUT2D eigenvalue weighted by Gasteiger charge is -2.23. The second kappa shape index (κ2) is 4.43. The van der Waals surface area contributed by atoms with E-state index in [2.05, 4.69) is 10.4 Å². The van der Waals surface area contributed by atoms with E-state index in [0.717, 1.165) is 25.9 Å². The summed E-state index contributed by atoms with van der Waals surface area (Å²) in [5, 5.41) is 25.0. The number of carbonyl (C=O) groups is 1. The van der Waals surface area contributed by atoms with Gasteiger partial charge in [-0.1, -0.05) is 0 Å². The van der Waals surface area contributed by atoms with Gasteiger partial charge in [0, 0.05) is 0 Å². The molecule has 0 unspecified atom stereocenters. The van der Waals surface area contributed by atoms with Gasteiger partial charge in [-0.15, -0.1) is 0 Å². The topological polar surface area (TPSA) is 117 Å². The maximum Gasteiger partial charge on any atom is 0.357 e. The van der Waals surface area contributed by atoms with Crippen molar-refractivity contribution < 1.29 is 9.90 Å². The largest absolute Gasteiger partial charge is 0.476 e. The maximum atomic E-state index is 10.9. The summed E-state index contributed by atoms with van der Waals surface area (Å²) in [6.45, 7) is 1.68. The van der Waals surface area contributed by atoms with Gasteiger partial charge in [0.05, 0.1) is 6.04 Å². The number of nitriles is 1.